The minimum atomic E-state index is -0.518. The Hall–Kier alpha value is -4.00. The summed E-state index contributed by atoms with van der Waals surface area (Å²) < 4.78 is 21.9. The molecule has 0 saturated carbocycles. The van der Waals surface area contributed by atoms with E-state index in [4.69, 9.17) is 35.5 Å². The number of methoxy groups -OCH3 is 1. The van der Waals surface area contributed by atoms with Gasteiger partial charge in [0.2, 0.25) is 17.8 Å². The van der Waals surface area contributed by atoms with Gasteiger partial charge in [-0.1, -0.05) is 11.6 Å². The van der Waals surface area contributed by atoms with Gasteiger partial charge in [-0.2, -0.15) is 20.1 Å². The third-order valence-corrected chi connectivity index (χ3v) is 6.30. The minimum Gasteiger partial charge on any atom is -0.493 e. The van der Waals surface area contributed by atoms with E-state index in [1.165, 1.54) is 7.11 Å². The van der Waals surface area contributed by atoms with E-state index in [-0.39, 0.29) is 5.75 Å². The van der Waals surface area contributed by atoms with Gasteiger partial charge < -0.3 is 28.7 Å². The zero-order valence-corrected chi connectivity index (χ0v) is 22.1. The number of halogens is 1. The molecule has 0 spiro atoms. The quantitative estimate of drug-likeness (QED) is 0.192. The van der Waals surface area contributed by atoms with Gasteiger partial charge >= 0.3 is 5.97 Å². The number of carbonyl (C=O) groups is 1. The summed E-state index contributed by atoms with van der Waals surface area (Å²) in [6.07, 6.45) is 1.60. The number of rotatable bonds is 8. The van der Waals surface area contributed by atoms with Crippen LogP contribution in [0.25, 0.3) is 0 Å². The topological polar surface area (TPSA) is 124 Å². The van der Waals surface area contributed by atoms with Crippen molar-refractivity contribution in [2.24, 2.45) is 5.10 Å². The second-order valence-electron chi connectivity index (χ2n) is 8.63. The second kappa shape index (κ2) is 12.7. The number of hydrogen-bond donors (Lipinski definition) is 1. The number of aromatic nitrogens is 3. The summed E-state index contributed by atoms with van der Waals surface area (Å²) in [6, 6.07) is 11.6. The molecule has 3 aromatic rings. The van der Waals surface area contributed by atoms with Gasteiger partial charge in [0, 0.05) is 31.2 Å². The van der Waals surface area contributed by atoms with E-state index in [1.807, 2.05) is 0 Å². The maximum atomic E-state index is 12.5. The van der Waals surface area contributed by atoms with Crippen molar-refractivity contribution in [3.05, 3.63) is 58.6 Å². The van der Waals surface area contributed by atoms with Gasteiger partial charge in [0.25, 0.3) is 0 Å². The van der Waals surface area contributed by atoms with Crippen molar-refractivity contribution in [3.8, 4) is 11.5 Å². The molecule has 2 fully saturated rings. The van der Waals surface area contributed by atoms with Crippen molar-refractivity contribution in [1.29, 1.82) is 0 Å². The van der Waals surface area contributed by atoms with E-state index >= 15 is 0 Å². The van der Waals surface area contributed by atoms with Gasteiger partial charge in [-0.15, -0.1) is 0 Å². The first-order valence-electron chi connectivity index (χ1n) is 12.5. The van der Waals surface area contributed by atoms with E-state index in [2.05, 4.69) is 30.3 Å². The predicted molar refractivity (Wildman–Crippen MR) is 147 cm³/mol. The molecule has 2 saturated heterocycles. The monoisotopic (exact) mass is 553 g/mol. The number of hydrogen-bond acceptors (Lipinski definition) is 12. The molecule has 2 aliphatic heterocycles. The van der Waals surface area contributed by atoms with Crippen LogP contribution in [0.4, 0.5) is 17.8 Å². The van der Waals surface area contributed by atoms with Crippen molar-refractivity contribution >= 4 is 41.6 Å². The lowest BCUT2D eigenvalue weighted by Gasteiger charge is -2.30. The molecule has 0 bridgehead atoms. The average molecular weight is 554 g/mol. The Morgan fingerprint density at radius 3 is 2.13 bits per heavy atom. The van der Waals surface area contributed by atoms with Crippen LogP contribution < -0.4 is 24.7 Å². The molecule has 0 amide bonds. The molecule has 39 heavy (non-hydrogen) atoms. The van der Waals surface area contributed by atoms with Crippen LogP contribution in [0.3, 0.4) is 0 Å². The summed E-state index contributed by atoms with van der Waals surface area (Å²) in [6.45, 7) is 5.26. The van der Waals surface area contributed by atoms with Crippen molar-refractivity contribution in [2.45, 2.75) is 0 Å². The highest BCUT2D eigenvalue weighted by molar-refractivity contribution is 6.30. The number of morpholine rings is 2. The molecular weight excluding hydrogens is 526 g/mol. The molecule has 1 N–H and O–H groups in total. The maximum absolute atomic E-state index is 12.5. The number of ether oxygens (including phenoxy) is 4. The summed E-state index contributed by atoms with van der Waals surface area (Å²) in [5.74, 6) is 1.61. The summed E-state index contributed by atoms with van der Waals surface area (Å²) in [7, 11) is 1.50. The van der Waals surface area contributed by atoms with Gasteiger partial charge in [0.1, 0.15) is 0 Å². The maximum Gasteiger partial charge on any atom is 0.343 e. The lowest BCUT2D eigenvalue weighted by atomic mass is 10.2. The second-order valence-corrected chi connectivity index (χ2v) is 9.07. The summed E-state index contributed by atoms with van der Waals surface area (Å²) in [4.78, 5) is 30.5. The molecule has 0 atom stereocenters. The zero-order valence-electron chi connectivity index (χ0n) is 21.4. The zero-order chi connectivity index (χ0) is 27.0. The predicted octanol–water partition coefficient (Wildman–Crippen LogP) is 2.87. The van der Waals surface area contributed by atoms with Gasteiger partial charge in [-0.25, -0.2) is 10.2 Å². The fourth-order valence-corrected chi connectivity index (χ4v) is 4.10. The molecule has 2 aliphatic rings. The Morgan fingerprint density at radius 2 is 1.54 bits per heavy atom. The average Bonchev–Trinajstić information content (AvgIpc) is 2.99. The summed E-state index contributed by atoms with van der Waals surface area (Å²) in [5.41, 5.74) is 4.00. The fourth-order valence-electron chi connectivity index (χ4n) is 3.97. The highest BCUT2D eigenvalue weighted by atomic mass is 35.5. The molecule has 13 heteroatoms. The Labute approximate surface area is 230 Å². The Bertz CT molecular complexity index is 1280. The SMILES string of the molecule is COc1cc(C=NNc2nc(N3CCOCC3)nc(N3CCOCC3)n2)ccc1OC(=O)c1ccc(Cl)cc1. The Balaban J connectivity index is 1.30. The van der Waals surface area contributed by atoms with Crippen LogP contribution in [0, 0.1) is 0 Å². The van der Waals surface area contributed by atoms with Crippen LogP contribution in [-0.2, 0) is 9.47 Å². The van der Waals surface area contributed by atoms with E-state index in [1.54, 1.807) is 48.7 Å². The van der Waals surface area contributed by atoms with Gasteiger partial charge in [-0.05, 0) is 48.0 Å². The molecule has 204 valence electrons. The van der Waals surface area contributed by atoms with Crippen molar-refractivity contribution < 1.29 is 23.7 Å². The van der Waals surface area contributed by atoms with Crippen LogP contribution in [0.1, 0.15) is 15.9 Å². The molecular formula is C26H28ClN7O5. The molecule has 0 unspecified atom stereocenters. The lowest BCUT2D eigenvalue weighted by Crippen LogP contribution is -2.40. The fraction of sp³-hybridized carbons (Fsp3) is 0.346. The van der Waals surface area contributed by atoms with Crippen molar-refractivity contribution in [3.63, 3.8) is 0 Å². The minimum absolute atomic E-state index is 0.283. The highest BCUT2D eigenvalue weighted by Gasteiger charge is 2.20. The third kappa shape index (κ3) is 6.91. The van der Waals surface area contributed by atoms with E-state index in [9.17, 15) is 4.79 Å². The van der Waals surface area contributed by atoms with Gasteiger partial charge in [0.15, 0.2) is 11.5 Å². The van der Waals surface area contributed by atoms with Crippen LogP contribution >= 0.6 is 11.6 Å². The number of nitrogens with one attached hydrogen (secondary N) is 1. The van der Waals surface area contributed by atoms with Crippen LogP contribution in [0.2, 0.25) is 5.02 Å². The number of carbonyl (C=O) groups excluding carboxylic acids is 1. The van der Waals surface area contributed by atoms with E-state index in [0.29, 0.717) is 92.4 Å². The molecule has 1 aromatic heterocycles. The molecule has 12 nitrogen and oxygen atoms in total. The van der Waals surface area contributed by atoms with E-state index in [0.717, 1.165) is 0 Å². The number of esters is 1. The Kier molecular flexibility index (Phi) is 8.66. The van der Waals surface area contributed by atoms with Gasteiger partial charge in [0.05, 0.1) is 45.3 Å². The normalized spacial score (nSPS) is 15.8. The van der Waals surface area contributed by atoms with E-state index < -0.39 is 5.97 Å². The standard InChI is InChI=1S/C26H28ClN7O5/c1-36-22-16-18(2-7-21(22)39-23(35)19-3-5-20(27)6-4-19)17-28-32-24-29-25(33-8-12-37-13-9-33)31-26(30-24)34-10-14-38-15-11-34/h2-7,16-17H,8-15H2,1H3,(H,29,30,31,32). The molecule has 3 heterocycles. The van der Waals surface area contributed by atoms with Crippen LogP contribution in [0.15, 0.2) is 47.6 Å². The first-order chi connectivity index (χ1) is 19.1. The first kappa shape index (κ1) is 26.6. The molecule has 5 rings (SSSR count). The molecule has 0 aliphatic carbocycles. The number of nitrogens with zero attached hydrogens (tertiary/aromatic N) is 6. The number of hydrazone groups is 1. The van der Waals surface area contributed by atoms with Crippen molar-refractivity contribution in [2.75, 3.05) is 74.9 Å². The smallest absolute Gasteiger partial charge is 0.343 e. The lowest BCUT2D eigenvalue weighted by molar-refractivity contribution is 0.0729. The molecule has 2 aromatic carbocycles. The summed E-state index contributed by atoms with van der Waals surface area (Å²) in [5, 5.41) is 4.85. The number of benzene rings is 2. The van der Waals surface area contributed by atoms with Gasteiger partial charge in [-0.3, -0.25) is 0 Å². The Morgan fingerprint density at radius 1 is 0.923 bits per heavy atom. The number of anilines is 3. The van der Waals surface area contributed by atoms with Crippen LogP contribution in [0.5, 0.6) is 11.5 Å². The van der Waals surface area contributed by atoms with Crippen molar-refractivity contribution in [1.82, 2.24) is 15.0 Å². The highest BCUT2D eigenvalue weighted by Crippen LogP contribution is 2.28. The summed E-state index contributed by atoms with van der Waals surface area (Å²) >= 11 is 5.90. The molecule has 0 radical (unpaired) electrons. The largest absolute Gasteiger partial charge is 0.493 e. The van der Waals surface area contributed by atoms with Crippen LogP contribution in [-0.4, -0.2) is 86.9 Å². The third-order valence-electron chi connectivity index (χ3n) is 6.05. The first-order valence-corrected chi connectivity index (χ1v) is 12.8.